The molecular weight excluding hydrogens is 394 g/mol. The summed E-state index contributed by atoms with van der Waals surface area (Å²) in [6.45, 7) is 0.433. The van der Waals surface area contributed by atoms with Gasteiger partial charge in [0.05, 0.1) is 0 Å². The van der Waals surface area contributed by atoms with E-state index in [9.17, 15) is 24.0 Å². The standard InChI is InChI=1S/C16H25N3O6S2/c20-12(6-9-26)17-8-2-1-3-11(18-13(21)7-10-27)16(24)25-19-14(22)4-5-15(19)23/h11,26-27H,1-10H2,(H,17,20)(H,18,21). The Hall–Kier alpha value is -1.75. The first-order valence-electron chi connectivity index (χ1n) is 8.74. The van der Waals surface area contributed by atoms with Crippen LogP contribution in [-0.4, -0.2) is 58.8 Å². The summed E-state index contributed by atoms with van der Waals surface area (Å²) in [4.78, 5) is 63.5. The van der Waals surface area contributed by atoms with Crippen LogP contribution in [0.3, 0.4) is 0 Å². The fraction of sp³-hybridized carbons (Fsp3) is 0.688. The van der Waals surface area contributed by atoms with Crippen molar-refractivity contribution < 1.29 is 28.8 Å². The zero-order valence-electron chi connectivity index (χ0n) is 14.9. The SMILES string of the molecule is O=C(CCS)NCCCCC(NC(=O)CCS)C(=O)ON1C(=O)CCC1=O. The van der Waals surface area contributed by atoms with E-state index < -0.39 is 23.8 Å². The van der Waals surface area contributed by atoms with Gasteiger partial charge in [0.1, 0.15) is 6.04 Å². The van der Waals surface area contributed by atoms with Crippen LogP contribution >= 0.6 is 25.3 Å². The van der Waals surface area contributed by atoms with Gasteiger partial charge in [-0.2, -0.15) is 25.3 Å². The Morgan fingerprint density at radius 1 is 1.00 bits per heavy atom. The van der Waals surface area contributed by atoms with Crippen molar-refractivity contribution in [1.82, 2.24) is 15.7 Å². The maximum atomic E-state index is 12.3. The summed E-state index contributed by atoms with van der Waals surface area (Å²) in [6.07, 6.45) is 1.79. The second-order valence-electron chi connectivity index (χ2n) is 5.91. The Morgan fingerprint density at radius 3 is 2.19 bits per heavy atom. The van der Waals surface area contributed by atoms with Gasteiger partial charge in [-0.05, 0) is 30.8 Å². The summed E-state index contributed by atoms with van der Waals surface area (Å²) in [5, 5.41) is 5.71. The van der Waals surface area contributed by atoms with Gasteiger partial charge in [0.25, 0.3) is 11.8 Å². The third-order valence-corrected chi connectivity index (χ3v) is 4.17. The summed E-state index contributed by atoms with van der Waals surface area (Å²) >= 11 is 7.94. The van der Waals surface area contributed by atoms with Gasteiger partial charge in [-0.25, -0.2) is 4.79 Å². The number of amides is 4. The first-order valence-corrected chi connectivity index (χ1v) is 10.0. The van der Waals surface area contributed by atoms with E-state index in [4.69, 9.17) is 4.84 Å². The second kappa shape index (κ2) is 12.6. The minimum absolute atomic E-state index is 0.00518. The Bertz CT molecular complexity index is 556. The average molecular weight is 420 g/mol. The van der Waals surface area contributed by atoms with Crippen LogP contribution in [0.5, 0.6) is 0 Å². The van der Waals surface area contributed by atoms with E-state index in [1.807, 2.05) is 0 Å². The molecule has 0 saturated carbocycles. The molecule has 1 unspecified atom stereocenters. The van der Waals surface area contributed by atoms with Gasteiger partial charge < -0.3 is 15.5 Å². The highest BCUT2D eigenvalue weighted by Gasteiger charge is 2.35. The molecule has 1 heterocycles. The van der Waals surface area contributed by atoms with E-state index >= 15 is 0 Å². The fourth-order valence-electron chi connectivity index (χ4n) is 2.32. The summed E-state index contributed by atoms with van der Waals surface area (Å²) < 4.78 is 0. The van der Waals surface area contributed by atoms with Crippen molar-refractivity contribution in [3.8, 4) is 0 Å². The molecule has 9 nitrogen and oxygen atoms in total. The quantitative estimate of drug-likeness (QED) is 0.201. The molecule has 0 radical (unpaired) electrons. The molecule has 2 N–H and O–H groups in total. The lowest BCUT2D eigenvalue weighted by atomic mass is 10.1. The lowest BCUT2D eigenvalue weighted by Crippen LogP contribution is -2.45. The number of imide groups is 1. The molecule has 1 aliphatic heterocycles. The molecule has 1 atom stereocenters. The molecule has 0 aliphatic carbocycles. The first-order chi connectivity index (χ1) is 12.9. The number of thiol groups is 2. The molecule has 0 spiro atoms. The minimum atomic E-state index is -0.994. The van der Waals surface area contributed by atoms with E-state index in [1.54, 1.807) is 0 Å². The monoisotopic (exact) mass is 419 g/mol. The Labute approximate surface area is 168 Å². The number of hydrogen-bond acceptors (Lipinski definition) is 8. The predicted octanol–water partition coefficient (Wildman–Crippen LogP) is 0.00470. The van der Waals surface area contributed by atoms with E-state index in [2.05, 4.69) is 35.9 Å². The summed E-state index contributed by atoms with van der Waals surface area (Å²) in [7, 11) is 0. The number of hydrogen-bond donors (Lipinski definition) is 4. The van der Waals surface area contributed by atoms with Gasteiger partial charge in [0, 0.05) is 32.2 Å². The van der Waals surface area contributed by atoms with Gasteiger partial charge in [-0.1, -0.05) is 0 Å². The van der Waals surface area contributed by atoms with Crippen molar-refractivity contribution in [2.75, 3.05) is 18.1 Å². The number of carbonyl (C=O) groups excluding carboxylic acids is 5. The van der Waals surface area contributed by atoms with Crippen LogP contribution in [0.2, 0.25) is 0 Å². The van der Waals surface area contributed by atoms with E-state index in [1.165, 1.54) is 0 Å². The maximum Gasteiger partial charge on any atom is 0.355 e. The molecule has 0 bridgehead atoms. The maximum absolute atomic E-state index is 12.3. The molecule has 0 aromatic carbocycles. The van der Waals surface area contributed by atoms with Gasteiger partial charge in [0.15, 0.2) is 0 Å². The van der Waals surface area contributed by atoms with Gasteiger partial charge in [-0.3, -0.25) is 19.2 Å². The van der Waals surface area contributed by atoms with E-state index in [-0.39, 0.29) is 37.5 Å². The summed E-state index contributed by atoms with van der Waals surface area (Å²) in [5.41, 5.74) is 0. The lowest BCUT2D eigenvalue weighted by Gasteiger charge is -2.20. The number of unbranched alkanes of at least 4 members (excludes halogenated alkanes) is 1. The van der Waals surface area contributed by atoms with Crippen LogP contribution in [0.4, 0.5) is 0 Å². The number of nitrogens with zero attached hydrogens (tertiary/aromatic N) is 1. The molecular formula is C16H25N3O6S2. The first kappa shape index (κ1) is 23.3. The Kier molecular flexibility index (Phi) is 10.9. The topological polar surface area (TPSA) is 122 Å². The largest absolute Gasteiger partial charge is 0.356 e. The van der Waals surface area contributed by atoms with E-state index in [0.717, 1.165) is 0 Å². The predicted molar refractivity (Wildman–Crippen MR) is 103 cm³/mol. The number of hydroxylamine groups is 2. The van der Waals surface area contributed by atoms with Crippen LogP contribution in [0, 0.1) is 0 Å². The van der Waals surface area contributed by atoms with Crippen molar-refractivity contribution in [2.24, 2.45) is 0 Å². The highest BCUT2D eigenvalue weighted by atomic mass is 32.1. The van der Waals surface area contributed by atoms with Crippen LogP contribution < -0.4 is 10.6 Å². The molecule has 27 heavy (non-hydrogen) atoms. The molecule has 1 aliphatic rings. The lowest BCUT2D eigenvalue weighted by molar-refractivity contribution is -0.199. The van der Waals surface area contributed by atoms with Gasteiger partial charge >= 0.3 is 5.97 Å². The highest BCUT2D eigenvalue weighted by Crippen LogP contribution is 2.14. The molecule has 152 valence electrons. The smallest absolute Gasteiger partial charge is 0.355 e. The van der Waals surface area contributed by atoms with Crippen LogP contribution in [0.25, 0.3) is 0 Å². The summed E-state index contributed by atoms with van der Waals surface area (Å²) in [5.74, 6) is -1.74. The Morgan fingerprint density at radius 2 is 1.59 bits per heavy atom. The van der Waals surface area contributed by atoms with Crippen molar-refractivity contribution in [1.29, 1.82) is 0 Å². The summed E-state index contributed by atoms with van der Waals surface area (Å²) in [6, 6.07) is -0.994. The molecule has 0 aromatic rings. The number of carbonyl (C=O) groups is 5. The van der Waals surface area contributed by atoms with Crippen molar-refractivity contribution in [3.05, 3.63) is 0 Å². The second-order valence-corrected chi connectivity index (χ2v) is 6.80. The van der Waals surface area contributed by atoms with Crippen LogP contribution in [0.15, 0.2) is 0 Å². The highest BCUT2D eigenvalue weighted by molar-refractivity contribution is 7.80. The third kappa shape index (κ3) is 8.65. The van der Waals surface area contributed by atoms with Crippen LogP contribution in [0.1, 0.15) is 44.9 Å². The molecule has 1 rings (SSSR count). The molecule has 1 fully saturated rings. The third-order valence-electron chi connectivity index (χ3n) is 3.73. The number of nitrogens with one attached hydrogen (secondary N) is 2. The van der Waals surface area contributed by atoms with Gasteiger partial charge in [-0.15, -0.1) is 5.06 Å². The Balaban J connectivity index is 2.52. The zero-order valence-corrected chi connectivity index (χ0v) is 16.7. The number of rotatable bonds is 12. The van der Waals surface area contributed by atoms with E-state index in [0.29, 0.717) is 42.4 Å². The van der Waals surface area contributed by atoms with Crippen molar-refractivity contribution in [3.63, 3.8) is 0 Å². The van der Waals surface area contributed by atoms with Crippen LogP contribution in [-0.2, 0) is 28.8 Å². The molecule has 11 heteroatoms. The van der Waals surface area contributed by atoms with Crippen molar-refractivity contribution in [2.45, 2.75) is 51.0 Å². The molecule has 4 amide bonds. The molecule has 0 aromatic heterocycles. The van der Waals surface area contributed by atoms with Gasteiger partial charge in [0.2, 0.25) is 11.8 Å². The average Bonchev–Trinajstić information content (AvgIpc) is 2.92. The van der Waals surface area contributed by atoms with Crippen molar-refractivity contribution >= 4 is 54.9 Å². The fourth-order valence-corrected chi connectivity index (χ4v) is 2.73. The minimum Gasteiger partial charge on any atom is -0.356 e. The normalized spacial score (nSPS) is 14.8. The zero-order chi connectivity index (χ0) is 20.2. The molecule has 1 saturated heterocycles.